The first-order chi connectivity index (χ1) is 9.51. The number of aromatic nitrogens is 1. The minimum atomic E-state index is -1.11. The van der Waals surface area contributed by atoms with E-state index in [1.165, 1.54) is 12.1 Å². The van der Waals surface area contributed by atoms with Crippen LogP contribution in [0.4, 0.5) is 11.4 Å². The fraction of sp³-hybridized carbons (Fsp3) is 0.231. The van der Waals surface area contributed by atoms with E-state index in [2.05, 4.69) is 10.3 Å². The van der Waals surface area contributed by atoms with Gasteiger partial charge in [0.15, 0.2) is 0 Å². The van der Waals surface area contributed by atoms with Crippen LogP contribution < -0.4 is 11.1 Å². The van der Waals surface area contributed by atoms with E-state index in [1.54, 1.807) is 6.20 Å². The fourth-order valence-electron chi connectivity index (χ4n) is 1.73. The summed E-state index contributed by atoms with van der Waals surface area (Å²) in [7, 11) is 0. The Bertz CT molecular complexity index is 640. The number of nitrogens with two attached hydrogens (primary N) is 1. The number of aryl methyl sites for hydroxylation is 1. The van der Waals surface area contributed by atoms with Crippen LogP contribution in [0.15, 0.2) is 22.7 Å². The predicted octanol–water partition coefficient (Wildman–Crippen LogP) is 2.78. The molecule has 0 saturated carbocycles. The van der Waals surface area contributed by atoms with E-state index in [9.17, 15) is 4.79 Å². The Morgan fingerprint density at radius 2 is 2.30 bits per heavy atom. The molecule has 0 aliphatic carbocycles. The van der Waals surface area contributed by atoms with Crippen molar-refractivity contribution in [1.29, 1.82) is 0 Å². The van der Waals surface area contributed by atoms with E-state index < -0.39 is 5.97 Å². The zero-order chi connectivity index (χ0) is 14.7. The number of nitrogens with zero attached hydrogens (tertiary/aromatic N) is 1. The van der Waals surface area contributed by atoms with Gasteiger partial charge in [0.05, 0.1) is 29.0 Å². The van der Waals surface area contributed by atoms with Crippen molar-refractivity contribution in [2.45, 2.75) is 19.9 Å². The molecule has 0 atom stereocenters. The number of carboxylic acid groups (broad SMARTS) is 1. The number of anilines is 2. The Kier molecular flexibility index (Phi) is 4.14. The van der Waals surface area contributed by atoms with E-state index in [0.29, 0.717) is 17.3 Å². The van der Waals surface area contributed by atoms with Crippen LogP contribution in [0.1, 0.15) is 28.9 Å². The van der Waals surface area contributed by atoms with Crippen LogP contribution in [0, 0.1) is 0 Å². The van der Waals surface area contributed by atoms with Crippen LogP contribution in [-0.4, -0.2) is 16.1 Å². The second kappa shape index (κ2) is 5.83. The molecule has 0 unspecified atom stereocenters. The van der Waals surface area contributed by atoms with Crippen LogP contribution in [-0.2, 0) is 13.0 Å². The Hall–Kier alpha value is -2.21. The number of rotatable bonds is 5. The van der Waals surface area contributed by atoms with Crippen LogP contribution in [0.5, 0.6) is 0 Å². The quantitative estimate of drug-likeness (QED) is 0.733. The summed E-state index contributed by atoms with van der Waals surface area (Å²) in [5.41, 5.74) is 6.19. The first-order valence-corrected chi connectivity index (χ1v) is 6.38. The normalized spacial score (nSPS) is 10.5. The summed E-state index contributed by atoms with van der Waals surface area (Å²) >= 11 is 6.02. The predicted molar refractivity (Wildman–Crippen MR) is 76.0 cm³/mol. The van der Waals surface area contributed by atoms with Crippen molar-refractivity contribution >= 4 is 28.9 Å². The third-order valence-electron chi connectivity index (χ3n) is 2.71. The lowest BCUT2D eigenvalue weighted by molar-refractivity contribution is 0.0698. The molecule has 106 valence electrons. The van der Waals surface area contributed by atoms with Gasteiger partial charge in [-0.15, -0.1) is 0 Å². The van der Waals surface area contributed by atoms with Crippen LogP contribution in [0.2, 0.25) is 5.02 Å². The van der Waals surface area contributed by atoms with Crippen molar-refractivity contribution in [2.75, 3.05) is 11.1 Å². The number of oxazole rings is 1. The van der Waals surface area contributed by atoms with Gasteiger partial charge in [-0.1, -0.05) is 18.5 Å². The molecule has 0 aliphatic rings. The van der Waals surface area contributed by atoms with Gasteiger partial charge in [0.2, 0.25) is 5.89 Å². The average Bonchev–Trinajstić information content (AvgIpc) is 2.84. The van der Waals surface area contributed by atoms with Gasteiger partial charge in [0.25, 0.3) is 0 Å². The highest BCUT2D eigenvalue weighted by Crippen LogP contribution is 2.29. The van der Waals surface area contributed by atoms with Crippen LogP contribution >= 0.6 is 11.6 Å². The summed E-state index contributed by atoms with van der Waals surface area (Å²) in [4.78, 5) is 15.3. The van der Waals surface area contributed by atoms with Crippen molar-refractivity contribution in [3.8, 4) is 0 Å². The number of carboxylic acids is 1. The number of benzene rings is 1. The van der Waals surface area contributed by atoms with E-state index in [1.807, 2.05) is 6.92 Å². The Morgan fingerprint density at radius 1 is 1.55 bits per heavy atom. The number of hydrogen-bond donors (Lipinski definition) is 3. The number of nitrogen functional groups attached to an aromatic ring is 1. The van der Waals surface area contributed by atoms with Gasteiger partial charge in [-0.25, -0.2) is 9.78 Å². The number of carbonyl (C=O) groups is 1. The molecule has 0 saturated heterocycles. The van der Waals surface area contributed by atoms with Crippen molar-refractivity contribution in [3.05, 3.63) is 40.6 Å². The highest BCUT2D eigenvalue weighted by Gasteiger charge is 2.15. The number of nitrogens with one attached hydrogen (secondary N) is 1. The van der Waals surface area contributed by atoms with Gasteiger partial charge in [0, 0.05) is 12.1 Å². The fourth-order valence-corrected chi connectivity index (χ4v) is 2.03. The molecule has 1 aromatic heterocycles. The molecule has 7 heteroatoms. The summed E-state index contributed by atoms with van der Waals surface area (Å²) in [6.45, 7) is 2.20. The molecule has 0 spiro atoms. The average molecular weight is 296 g/mol. The van der Waals surface area contributed by atoms with Gasteiger partial charge in [0.1, 0.15) is 5.76 Å². The molecule has 0 aliphatic heterocycles. The monoisotopic (exact) mass is 295 g/mol. The molecule has 1 heterocycles. The molecule has 0 amide bonds. The molecule has 2 rings (SSSR count). The maximum absolute atomic E-state index is 11.2. The lowest BCUT2D eigenvalue weighted by atomic mass is 10.1. The zero-order valence-corrected chi connectivity index (χ0v) is 11.6. The summed E-state index contributed by atoms with van der Waals surface area (Å²) in [5, 5.41) is 12.3. The molecule has 1 aromatic carbocycles. The van der Waals surface area contributed by atoms with E-state index in [4.69, 9.17) is 26.9 Å². The second-order valence-electron chi connectivity index (χ2n) is 4.16. The third kappa shape index (κ3) is 3.03. The minimum absolute atomic E-state index is 0.0114. The molecule has 4 N–H and O–H groups in total. The van der Waals surface area contributed by atoms with Crippen LogP contribution in [0.3, 0.4) is 0 Å². The molecule has 0 fully saturated rings. The maximum atomic E-state index is 11.2. The molecule has 2 aromatic rings. The summed E-state index contributed by atoms with van der Waals surface area (Å²) in [6.07, 6.45) is 2.38. The molecule has 0 radical (unpaired) electrons. The Labute approximate surface area is 120 Å². The third-order valence-corrected chi connectivity index (χ3v) is 3.01. The minimum Gasteiger partial charge on any atom is -0.478 e. The van der Waals surface area contributed by atoms with Crippen molar-refractivity contribution in [1.82, 2.24) is 4.98 Å². The Balaban J connectivity index is 2.22. The van der Waals surface area contributed by atoms with Crippen molar-refractivity contribution in [2.24, 2.45) is 0 Å². The molecular formula is C13H14ClN3O3. The smallest absolute Gasteiger partial charge is 0.337 e. The summed E-state index contributed by atoms with van der Waals surface area (Å²) < 4.78 is 5.43. The Morgan fingerprint density at radius 3 is 2.90 bits per heavy atom. The SMILES string of the molecule is CCc1cnc(CNc2c(Cl)cc(N)cc2C(=O)O)o1. The van der Waals surface area contributed by atoms with E-state index >= 15 is 0 Å². The first-order valence-electron chi connectivity index (χ1n) is 6.01. The molecule has 0 bridgehead atoms. The van der Waals surface area contributed by atoms with Crippen molar-refractivity contribution in [3.63, 3.8) is 0 Å². The first kappa shape index (κ1) is 14.2. The van der Waals surface area contributed by atoms with Gasteiger partial charge in [-0.3, -0.25) is 0 Å². The topological polar surface area (TPSA) is 101 Å². The molecular weight excluding hydrogens is 282 g/mol. The number of aromatic carboxylic acids is 1. The molecule has 6 nitrogen and oxygen atoms in total. The zero-order valence-electron chi connectivity index (χ0n) is 10.8. The highest BCUT2D eigenvalue weighted by atomic mass is 35.5. The standard InChI is InChI=1S/C13H14ClN3O3/c1-2-8-5-16-11(20-8)6-17-12-9(13(18)19)3-7(15)4-10(12)14/h3-5,17H,2,6,15H2,1H3,(H,18,19). The van der Waals surface area contributed by atoms with Gasteiger partial charge in [-0.05, 0) is 12.1 Å². The maximum Gasteiger partial charge on any atom is 0.337 e. The van der Waals surface area contributed by atoms with Crippen LogP contribution in [0.25, 0.3) is 0 Å². The van der Waals surface area contributed by atoms with Gasteiger partial charge < -0.3 is 20.6 Å². The number of hydrogen-bond acceptors (Lipinski definition) is 5. The molecule has 20 heavy (non-hydrogen) atoms. The van der Waals surface area contributed by atoms with Gasteiger partial charge in [-0.2, -0.15) is 0 Å². The second-order valence-corrected chi connectivity index (χ2v) is 4.57. The van der Waals surface area contributed by atoms with E-state index in [0.717, 1.165) is 12.2 Å². The lowest BCUT2D eigenvalue weighted by Gasteiger charge is -2.11. The largest absolute Gasteiger partial charge is 0.478 e. The summed E-state index contributed by atoms with van der Waals surface area (Å²) in [6, 6.07) is 2.84. The van der Waals surface area contributed by atoms with Gasteiger partial charge >= 0.3 is 5.97 Å². The summed E-state index contributed by atoms with van der Waals surface area (Å²) in [5.74, 6) is 0.123. The lowest BCUT2D eigenvalue weighted by Crippen LogP contribution is -2.08. The highest BCUT2D eigenvalue weighted by molar-refractivity contribution is 6.34. The number of halogens is 1. The van der Waals surface area contributed by atoms with E-state index in [-0.39, 0.29) is 17.1 Å². The van der Waals surface area contributed by atoms with Crippen molar-refractivity contribution < 1.29 is 14.3 Å².